The molecular weight excluding hydrogens is 452 g/mol. The average molecular weight is 475 g/mol. The predicted octanol–water partition coefficient (Wildman–Crippen LogP) is 6.57. The smallest absolute Gasteiger partial charge is 0.296 e. The molecule has 2 aromatic carbocycles. The maximum Gasteiger partial charge on any atom is 0.296 e. The second-order valence-electron chi connectivity index (χ2n) is 8.44. The number of benzene rings is 2. The molecule has 0 saturated heterocycles. The Balaban J connectivity index is 1.67. The summed E-state index contributed by atoms with van der Waals surface area (Å²) in [6, 6.07) is 16.5. The van der Waals surface area contributed by atoms with Gasteiger partial charge in [0, 0.05) is 0 Å². The lowest BCUT2D eigenvalue weighted by Gasteiger charge is -2.24. The van der Waals surface area contributed by atoms with Gasteiger partial charge in [-0.15, -0.1) is 11.3 Å². The van der Waals surface area contributed by atoms with Gasteiger partial charge in [-0.25, -0.2) is 4.98 Å². The summed E-state index contributed by atoms with van der Waals surface area (Å²) in [6.45, 7) is 6.23. The van der Waals surface area contributed by atoms with Crippen molar-refractivity contribution in [3.05, 3.63) is 92.9 Å². The van der Waals surface area contributed by atoms with Gasteiger partial charge in [-0.3, -0.25) is 14.5 Å². The van der Waals surface area contributed by atoms with Gasteiger partial charge >= 0.3 is 0 Å². The minimum Gasteiger partial charge on any atom is -0.503 e. The summed E-state index contributed by atoms with van der Waals surface area (Å²) >= 11 is 2.67. The molecule has 0 saturated carbocycles. The number of rotatable bonds is 5. The molecule has 1 N–H and O–H groups in total. The first-order valence-electron chi connectivity index (χ1n) is 10.7. The number of thiazole rings is 1. The molecule has 5 nitrogen and oxygen atoms in total. The van der Waals surface area contributed by atoms with Crippen molar-refractivity contribution in [2.75, 3.05) is 4.90 Å². The monoisotopic (exact) mass is 474 g/mol. The first-order chi connectivity index (χ1) is 15.8. The third-order valence-electron chi connectivity index (χ3n) is 5.86. The second-order valence-corrected chi connectivity index (χ2v) is 10.4. The lowest BCUT2D eigenvalue weighted by Crippen LogP contribution is -2.30. The van der Waals surface area contributed by atoms with Crippen LogP contribution in [0.4, 0.5) is 5.13 Å². The summed E-state index contributed by atoms with van der Waals surface area (Å²) in [4.78, 5) is 33.4. The standard InChI is InChI=1S/C26H22N2O3S2/c1-14(2)16-7-9-17(10-8-16)22-21(23(29)19-5-4-12-32-19)24(30)25(31)28(22)26-27-18-11-6-15(3)13-20(18)33-26/h4-14,22,30H,1-3H3/t22-/m0/s1. The average Bonchev–Trinajstić information content (AvgIpc) is 3.52. The van der Waals surface area contributed by atoms with Gasteiger partial charge in [0.05, 0.1) is 26.7 Å². The Hall–Kier alpha value is -3.29. The zero-order valence-electron chi connectivity index (χ0n) is 18.4. The highest BCUT2D eigenvalue weighted by Crippen LogP contribution is 2.44. The van der Waals surface area contributed by atoms with E-state index in [2.05, 4.69) is 18.8 Å². The summed E-state index contributed by atoms with van der Waals surface area (Å²) in [7, 11) is 0. The van der Waals surface area contributed by atoms with E-state index in [1.807, 2.05) is 54.8 Å². The van der Waals surface area contributed by atoms with Gasteiger partial charge in [-0.1, -0.05) is 61.6 Å². The number of fused-ring (bicyclic) bond motifs is 1. The molecule has 0 fully saturated rings. The third-order valence-corrected chi connectivity index (χ3v) is 7.74. The van der Waals surface area contributed by atoms with E-state index in [-0.39, 0.29) is 11.4 Å². The van der Waals surface area contributed by atoms with Crippen LogP contribution in [0.2, 0.25) is 0 Å². The quantitative estimate of drug-likeness (QED) is 0.332. The van der Waals surface area contributed by atoms with Crippen molar-refractivity contribution in [2.45, 2.75) is 32.7 Å². The van der Waals surface area contributed by atoms with Crippen LogP contribution in [0.3, 0.4) is 0 Å². The number of aromatic nitrogens is 1. The number of Topliss-reactive ketones (excluding diaryl/α,β-unsaturated/α-hetero) is 1. The van der Waals surface area contributed by atoms with E-state index in [4.69, 9.17) is 0 Å². The number of carbonyl (C=O) groups is 2. The molecule has 7 heteroatoms. The van der Waals surface area contributed by atoms with Crippen LogP contribution in [0, 0.1) is 6.92 Å². The van der Waals surface area contributed by atoms with Gasteiger partial charge < -0.3 is 5.11 Å². The number of hydrogen-bond acceptors (Lipinski definition) is 6. The lowest BCUT2D eigenvalue weighted by molar-refractivity contribution is -0.117. The van der Waals surface area contributed by atoms with Crippen LogP contribution in [-0.4, -0.2) is 21.8 Å². The van der Waals surface area contributed by atoms with E-state index >= 15 is 0 Å². The van der Waals surface area contributed by atoms with Crippen molar-refractivity contribution >= 4 is 49.7 Å². The van der Waals surface area contributed by atoms with Gasteiger partial charge in [0.25, 0.3) is 5.91 Å². The number of aliphatic hydroxyl groups is 1. The molecule has 1 atom stereocenters. The molecule has 0 aliphatic carbocycles. The van der Waals surface area contributed by atoms with Crippen LogP contribution in [0.15, 0.2) is 71.3 Å². The number of hydrogen-bond donors (Lipinski definition) is 1. The molecule has 166 valence electrons. The van der Waals surface area contributed by atoms with Crippen molar-refractivity contribution < 1.29 is 14.7 Å². The zero-order chi connectivity index (χ0) is 23.3. The van der Waals surface area contributed by atoms with Crippen molar-refractivity contribution in [1.29, 1.82) is 0 Å². The highest BCUT2D eigenvalue weighted by atomic mass is 32.1. The van der Waals surface area contributed by atoms with Crippen LogP contribution < -0.4 is 4.90 Å². The Morgan fingerprint density at radius 2 is 1.88 bits per heavy atom. The summed E-state index contributed by atoms with van der Waals surface area (Å²) < 4.78 is 0.948. The molecule has 0 radical (unpaired) electrons. The Labute approximate surface area is 199 Å². The molecule has 0 bridgehead atoms. The second kappa shape index (κ2) is 8.24. The fraction of sp³-hybridized carbons (Fsp3) is 0.192. The van der Waals surface area contributed by atoms with Gasteiger partial charge in [-0.2, -0.15) is 0 Å². The number of aryl methyl sites for hydroxylation is 1. The topological polar surface area (TPSA) is 70.5 Å². The van der Waals surface area contributed by atoms with Gasteiger partial charge in [-0.05, 0) is 53.1 Å². The summed E-state index contributed by atoms with van der Waals surface area (Å²) in [6.07, 6.45) is 0. The third kappa shape index (κ3) is 3.67. The Morgan fingerprint density at radius 1 is 1.12 bits per heavy atom. The van der Waals surface area contributed by atoms with Crippen LogP contribution in [0.1, 0.15) is 52.2 Å². The molecule has 5 rings (SSSR count). The fourth-order valence-corrected chi connectivity index (χ4v) is 5.84. The number of amides is 1. The summed E-state index contributed by atoms with van der Waals surface area (Å²) in [5.74, 6) is -1.11. The number of anilines is 1. The predicted molar refractivity (Wildman–Crippen MR) is 133 cm³/mol. The number of ketones is 1. The maximum absolute atomic E-state index is 13.4. The normalized spacial score (nSPS) is 16.4. The van der Waals surface area contributed by atoms with E-state index in [9.17, 15) is 14.7 Å². The first-order valence-corrected chi connectivity index (χ1v) is 12.4. The van der Waals surface area contributed by atoms with Crippen molar-refractivity contribution in [3.63, 3.8) is 0 Å². The minimum absolute atomic E-state index is 0.0928. The van der Waals surface area contributed by atoms with Crippen LogP contribution in [0.25, 0.3) is 10.2 Å². The molecule has 1 aliphatic rings. The fourth-order valence-electron chi connectivity index (χ4n) is 4.08. The zero-order valence-corrected chi connectivity index (χ0v) is 20.0. The minimum atomic E-state index is -0.755. The Bertz CT molecular complexity index is 1400. The summed E-state index contributed by atoms with van der Waals surface area (Å²) in [5, 5.41) is 13.2. The molecule has 0 spiro atoms. The van der Waals surface area contributed by atoms with Crippen LogP contribution in [-0.2, 0) is 4.79 Å². The Morgan fingerprint density at radius 3 is 2.55 bits per heavy atom. The van der Waals surface area contributed by atoms with E-state index in [1.165, 1.54) is 27.6 Å². The van der Waals surface area contributed by atoms with Gasteiger partial charge in [0.2, 0.25) is 5.78 Å². The maximum atomic E-state index is 13.4. The lowest BCUT2D eigenvalue weighted by atomic mass is 9.93. The van der Waals surface area contributed by atoms with E-state index in [0.29, 0.717) is 15.9 Å². The largest absolute Gasteiger partial charge is 0.503 e. The molecule has 3 heterocycles. The number of nitrogens with zero attached hydrogens (tertiary/aromatic N) is 2. The van der Waals surface area contributed by atoms with E-state index in [0.717, 1.165) is 26.9 Å². The van der Waals surface area contributed by atoms with Crippen molar-refractivity contribution in [2.24, 2.45) is 0 Å². The molecular formula is C26H22N2O3S2. The Kier molecular flexibility index (Phi) is 5.38. The van der Waals surface area contributed by atoms with Gasteiger partial charge in [0.15, 0.2) is 10.9 Å². The van der Waals surface area contributed by atoms with E-state index < -0.39 is 17.7 Å². The molecule has 2 aromatic heterocycles. The molecule has 1 amide bonds. The van der Waals surface area contributed by atoms with Crippen molar-refractivity contribution in [1.82, 2.24) is 4.98 Å². The van der Waals surface area contributed by atoms with Gasteiger partial charge in [0.1, 0.15) is 0 Å². The highest BCUT2D eigenvalue weighted by Gasteiger charge is 2.46. The highest BCUT2D eigenvalue weighted by molar-refractivity contribution is 7.22. The first kappa shape index (κ1) is 21.6. The number of carbonyl (C=O) groups excluding carboxylic acids is 2. The summed E-state index contributed by atoms with van der Waals surface area (Å²) in [5.41, 5.74) is 3.88. The van der Waals surface area contributed by atoms with Crippen LogP contribution >= 0.6 is 22.7 Å². The molecule has 4 aromatic rings. The SMILES string of the molecule is Cc1ccc2nc(N3C(=O)C(O)=C(C(=O)c4cccs4)[C@@H]3c3ccc(C(C)C)cc3)sc2c1. The van der Waals surface area contributed by atoms with Crippen molar-refractivity contribution in [3.8, 4) is 0 Å². The molecule has 0 unspecified atom stereocenters. The van der Waals surface area contributed by atoms with Crippen LogP contribution in [0.5, 0.6) is 0 Å². The van der Waals surface area contributed by atoms with E-state index in [1.54, 1.807) is 12.1 Å². The molecule has 33 heavy (non-hydrogen) atoms. The molecule has 1 aliphatic heterocycles. The number of thiophene rings is 1. The number of aliphatic hydroxyl groups excluding tert-OH is 1.